The molecule has 1 aromatic rings. The number of rotatable bonds is 1. The second kappa shape index (κ2) is 3.87. The molecule has 0 saturated heterocycles. The summed E-state index contributed by atoms with van der Waals surface area (Å²) in [7, 11) is -4.19. The van der Waals surface area contributed by atoms with Crippen molar-refractivity contribution in [3.05, 3.63) is 21.5 Å². The standard InChI is InChI=1S/C6H4F3IN2O2S/c7-6(8,9)3-1-12-2-4(5(3)10)15(11,13)14/h1-2H,(H2,11,13,14). The van der Waals surface area contributed by atoms with Gasteiger partial charge in [-0.15, -0.1) is 0 Å². The number of hydrogen-bond acceptors (Lipinski definition) is 3. The van der Waals surface area contributed by atoms with Gasteiger partial charge in [0.1, 0.15) is 4.90 Å². The molecule has 4 nitrogen and oxygen atoms in total. The Hall–Kier alpha value is -0.420. The van der Waals surface area contributed by atoms with Crippen LogP contribution in [-0.4, -0.2) is 13.4 Å². The van der Waals surface area contributed by atoms with E-state index in [2.05, 4.69) is 4.98 Å². The Labute approximate surface area is 96.9 Å². The van der Waals surface area contributed by atoms with Crippen LogP contribution >= 0.6 is 22.6 Å². The van der Waals surface area contributed by atoms with Gasteiger partial charge in [0.05, 0.1) is 5.56 Å². The maximum absolute atomic E-state index is 12.3. The molecule has 84 valence electrons. The van der Waals surface area contributed by atoms with Gasteiger partial charge in [0.2, 0.25) is 10.0 Å². The number of hydrogen-bond donors (Lipinski definition) is 1. The minimum Gasteiger partial charge on any atom is -0.263 e. The third-order valence-electron chi connectivity index (χ3n) is 1.46. The number of alkyl halides is 3. The van der Waals surface area contributed by atoms with Crippen LogP contribution < -0.4 is 5.14 Å². The van der Waals surface area contributed by atoms with Gasteiger partial charge in [-0.1, -0.05) is 0 Å². The van der Waals surface area contributed by atoms with E-state index in [-0.39, 0.29) is 0 Å². The first-order valence-corrected chi connectivity index (χ1v) is 6.00. The monoisotopic (exact) mass is 352 g/mol. The number of nitrogens with two attached hydrogens (primary N) is 1. The lowest BCUT2D eigenvalue weighted by molar-refractivity contribution is -0.138. The van der Waals surface area contributed by atoms with Gasteiger partial charge >= 0.3 is 6.18 Å². The third-order valence-corrected chi connectivity index (χ3v) is 3.91. The number of primary sulfonamides is 1. The molecule has 0 atom stereocenters. The van der Waals surface area contributed by atoms with Gasteiger partial charge in [-0.25, -0.2) is 13.6 Å². The van der Waals surface area contributed by atoms with Crippen molar-refractivity contribution in [3.63, 3.8) is 0 Å². The second-order valence-corrected chi connectivity index (χ2v) is 5.15. The van der Waals surface area contributed by atoms with E-state index in [1.165, 1.54) is 22.6 Å². The summed E-state index contributed by atoms with van der Waals surface area (Å²) in [4.78, 5) is 2.57. The van der Waals surface area contributed by atoms with Crippen molar-refractivity contribution in [2.45, 2.75) is 11.1 Å². The van der Waals surface area contributed by atoms with Crippen molar-refractivity contribution in [2.24, 2.45) is 5.14 Å². The Morgan fingerprint density at radius 2 is 1.87 bits per heavy atom. The first-order chi connectivity index (χ1) is 6.64. The fourth-order valence-corrected chi connectivity index (χ4v) is 2.89. The molecular formula is C6H4F3IN2O2S. The molecule has 0 bridgehead atoms. The Kier molecular flexibility index (Phi) is 3.26. The molecule has 0 aliphatic rings. The number of pyridine rings is 1. The molecule has 1 rings (SSSR count). The quantitative estimate of drug-likeness (QED) is 0.776. The Morgan fingerprint density at radius 1 is 1.33 bits per heavy atom. The molecule has 2 N–H and O–H groups in total. The molecule has 9 heteroatoms. The molecule has 0 unspecified atom stereocenters. The van der Waals surface area contributed by atoms with Gasteiger partial charge in [0.25, 0.3) is 0 Å². The summed E-state index contributed by atoms with van der Waals surface area (Å²) in [5.41, 5.74) is -1.12. The van der Waals surface area contributed by atoms with Crippen LogP contribution in [0.3, 0.4) is 0 Å². The van der Waals surface area contributed by atoms with Gasteiger partial charge in [-0.05, 0) is 22.6 Å². The fraction of sp³-hybridized carbons (Fsp3) is 0.167. The van der Waals surface area contributed by atoms with E-state index in [9.17, 15) is 21.6 Å². The zero-order valence-electron chi connectivity index (χ0n) is 6.92. The van der Waals surface area contributed by atoms with E-state index < -0.39 is 30.2 Å². The van der Waals surface area contributed by atoms with E-state index in [1.54, 1.807) is 0 Å². The predicted molar refractivity (Wildman–Crippen MR) is 53.3 cm³/mol. The normalized spacial score (nSPS) is 12.9. The van der Waals surface area contributed by atoms with Gasteiger partial charge in [0.15, 0.2) is 0 Å². The van der Waals surface area contributed by atoms with Crippen LogP contribution in [0.5, 0.6) is 0 Å². The van der Waals surface area contributed by atoms with E-state index in [1.807, 2.05) is 0 Å². The minimum absolute atomic E-state index is 0.474. The molecule has 1 aromatic heterocycles. The van der Waals surface area contributed by atoms with Crippen molar-refractivity contribution >= 4 is 32.6 Å². The summed E-state index contributed by atoms with van der Waals surface area (Å²) in [6.07, 6.45) is -3.31. The van der Waals surface area contributed by atoms with E-state index in [0.29, 0.717) is 6.20 Å². The molecule has 0 spiro atoms. The molecule has 0 amide bonds. The average molecular weight is 352 g/mol. The van der Waals surface area contributed by atoms with Crippen molar-refractivity contribution in [1.82, 2.24) is 4.98 Å². The summed E-state index contributed by atoms with van der Waals surface area (Å²) in [6, 6.07) is 0. The highest BCUT2D eigenvalue weighted by molar-refractivity contribution is 14.1. The highest BCUT2D eigenvalue weighted by Crippen LogP contribution is 2.34. The lowest BCUT2D eigenvalue weighted by Crippen LogP contribution is -2.17. The highest BCUT2D eigenvalue weighted by atomic mass is 127. The molecule has 0 radical (unpaired) electrons. The van der Waals surface area contributed by atoms with Crippen LogP contribution in [0.1, 0.15) is 5.56 Å². The Bertz CT molecular complexity index is 486. The first-order valence-electron chi connectivity index (χ1n) is 3.37. The van der Waals surface area contributed by atoms with E-state index >= 15 is 0 Å². The SMILES string of the molecule is NS(=O)(=O)c1cncc(C(F)(F)F)c1I. The summed E-state index contributed by atoms with van der Waals surface area (Å²) in [6.45, 7) is 0. The molecule has 0 saturated carbocycles. The first kappa shape index (κ1) is 12.6. The van der Waals surface area contributed by atoms with Crippen LogP contribution in [-0.2, 0) is 16.2 Å². The molecule has 1 heterocycles. The lowest BCUT2D eigenvalue weighted by Gasteiger charge is -2.10. The average Bonchev–Trinajstić information content (AvgIpc) is 1.99. The Balaban J connectivity index is 3.51. The third kappa shape index (κ3) is 2.78. The summed E-state index contributed by atoms with van der Waals surface area (Å²) < 4.78 is 58.3. The highest BCUT2D eigenvalue weighted by Gasteiger charge is 2.35. The summed E-state index contributed by atoms with van der Waals surface area (Å²) >= 11 is 1.27. The van der Waals surface area contributed by atoms with Crippen LogP contribution in [0.4, 0.5) is 13.2 Å². The van der Waals surface area contributed by atoms with Crippen molar-refractivity contribution in [1.29, 1.82) is 0 Å². The second-order valence-electron chi connectivity index (χ2n) is 2.54. The van der Waals surface area contributed by atoms with Crippen molar-refractivity contribution in [2.75, 3.05) is 0 Å². The Morgan fingerprint density at radius 3 is 2.27 bits per heavy atom. The maximum atomic E-state index is 12.3. The molecular weight excluding hydrogens is 348 g/mol. The smallest absolute Gasteiger partial charge is 0.263 e. The van der Waals surface area contributed by atoms with Crippen molar-refractivity contribution < 1.29 is 21.6 Å². The van der Waals surface area contributed by atoms with Gasteiger partial charge < -0.3 is 0 Å². The van der Waals surface area contributed by atoms with Crippen LogP contribution in [0, 0.1) is 3.57 Å². The number of halogens is 4. The van der Waals surface area contributed by atoms with E-state index in [0.717, 1.165) is 6.20 Å². The number of nitrogens with zero attached hydrogens (tertiary/aromatic N) is 1. The van der Waals surface area contributed by atoms with Crippen LogP contribution in [0.25, 0.3) is 0 Å². The van der Waals surface area contributed by atoms with Gasteiger partial charge in [0, 0.05) is 16.0 Å². The summed E-state index contributed by atoms with van der Waals surface area (Å²) in [5, 5.41) is 4.73. The summed E-state index contributed by atoms with van der Waals surface area (Å²) in [5.74, 6) is 0. The largest absolute Gasteiger partial charge is 0.418 e. The zero-order valence-corrected chi connectivity index (χ0v) is 9.89. The van der Waals surface area contributed by atoms with E-state index in [4.69, 9.17) is 5.14 Å². The number of sulfonamides is 1. The van der Waals surface area contributed by atoms with Gasteiger partial charge in [-0.3, -0.25) is 4.98 Å². The fourth-order valence-electron chi connectivity index (χ4n) is 0.822. The molecule has 15 heavy (non-hydrogen) atoms. The molecule has 0 aliphatic heterocycles. The molecule has 0 fully saturated rings. The maximum Gasteiger partial charge on any atom is 0.418 e. The zero-order chi connectivity index (χ0) is 11.9. The van der Waals surface area contributed by atoms with Crippen LogP contribution in [0.2, 0.25) is 0 Å². The molecule has 0 aromatic carbocycles. The predicted octanol–water partition coefficient (Wildman–Crippen LogP) is 1.35. The number of aromatic nitrogens is 1. The van der Waals surface area contributed by atoms with Crippen LogP contribution in [0.15, 0.2) is 17.3 Å². The lowest BCUT2D eigenvalue weighted by atomic mass is 10.3. The topological polar surface area (TPSA) is 73.1 Å². The molecule has 0 aliphatic carbocycles. The van der Waals surface area contributed by atoms with Crippen molar-refractivity contribution in [3.8, 4) is 0 Å². The van der Waals surface area contributed by atoms with Gasteiger partial charge in [-0.2, -0.15) is 13.2 Å². The minimum atomic E-state index is -4.65.